The molecule has 0 aliphatic carbocycles. The molecular weight excluding hydrogens is 302 g/mol. The van der Waals surface area contributed by atoms with Gasteiger partial charge in [-0.3, -0.25) is 0 Å². The maximum atomic E-state index is 9.58. The standard InChI is InChI=1S/C18H27N5O/c1-3-4-5-6-7-10-23(2)18(19)22-21-13-14-12-20-17-9-8-15(24)11-16(14)17/h8-9,11-13,20,24H,3-7,10H2,1-2H3,(H2,19,22). The summed E-state index contributed by atoms with van der Waals surface area (Å²) in [5.41, 5.74) is 7.75. The van der Waals surface area contributed by atoms with E-state index < -0.39 is 0 Å². The minimum Gasteiger partial charge on any atom is -0.508 e. The molecule has 2 rings (SSSR count). The van der Waals surface area contributed by atoms with Crippen LogP contribution in [0.1, 0.15) is 44.6 Å². The topological polar surface area (TPSA) is 90.0 Å². The van der Waals surface area contributed by atoms with Crippen LogP contribution in [0.3, 0.4) is 0 Å². The number of benzene rings is 1. The predicted molar refractivity (Wildman–Crippen MR) is 101 cm³/mol. The molecule has 6 heteroatoms. The molecule has 0 amide bonds. The van der Waals surface area contributed by atoms with E-state index in [1.807, 2.05) is 24.2 Å². The van der Waals surface area contributed by atoms with Crippen LogP contribution in [0.15, 0.2) is 34.6 Å². The predicted octanol–water partition coefficient (Wildman–Crippen LogP) is 3.42. The molecule has 0 aliphatic heterocycles. The maximum absolute atomic E-state index is 9.58. The number of nitrogens with one attached hydrogen (secondary N) is 1. The van der Waals surface area contributed by atoms with Gasteiger partial charge in [-0.1, -0.05) is 32.6 Å². The molecule has 24 heavy (non-hydrogen) atoms. The second kappa shape index (κ2) is 8.96. The Kier molecular flexibility index (Phi) is 6.66. The minimum atomic E-state index is 0.225. The Hall–Kier alpha value is -2.50. The van der Waals surface area contributed by atoms with Crippen molar-refractivity contribution in [1.29, 1.82) is 0 Å². The third-order valence-electron chi connectivity index (χ3n) is 4.04. The Balaban J connectivity index is 1.90. The highest BCUT2D eigenvalue weighted by Gasteiger charge is 2.03. The second-order valence-electron chi connectivity index (χ2n) is 6.01. The summed E-state index contributed by atoms with van der Waals surface area (Å²) in [4.78, 5) is 5.05. The summed E-state index contributed by atoms with van der Waals surface area (Å²) in [7, 11) is 1.93. The van der Waals surface area contributed by atoms with Crippen LogP contribution < -0.4 is 5.73 Å². The SMILES string of the molecule is CCCCCCCN(C)C(N)=NN=Cc1c[nH]c2ccc(O)cc12. The first-order chi connectivity index (χ1) is 11.6. The number of fused-ring (bicyclic) bond motifs is 1. The van der Waals surface area contributed by atoms with Gasteiger partial charge in [0.2, 0.25) is 5.96 Å². The average molecular weight is 329 g/mol. The molecule has 0 saturated carbocycles. The molecule has 1 aromatic heterocycles. The number of phenols is 1. The summed E-state index contributed by atoms with van der Waals surface area (Å²) in [6.07, 6.45) is 9.60. The lowest BCUT2D eigenvalue weighted by Crippen LogP contribution is -2.34. The van der Waals surface area contributed by atoms with Crippen molar-refractivity contribution in [1.82, 2.24) is 9.88 Å². The molecule has 1 aromatic carbocycles. The maximum Gasteiger partial charge on any atom is 0.216 e. The lowest BCUT2D eigenvalue weighted by molar-refractivity contribution is 0.462. The van der Waals surface area contributed by atoms with Crippen molar-refractivity contribution in [3.05, 3.63) is 30.0 Å². The van der Waals surface area contributed by atoms with Gasteiger partial charge in [0.05, 0.1) is 6.21 Å². The first-order valence-corrected chi connectivity index (χ1v) is 8.49. The van der Waals surface area contributed by atoms with Crippen molar-refractivity contribution in [3.63, 3.8) is 0 Å². The molecular formula is C18H27N5O. The van der Waals surface area contributed by atoms with Gasteiger partial charge in [-0.05, 0) is 24.6 Å². The van der Waals surface area contributed by atoms with Gasteiger partial charge in [0.15, 0.2) is 0 Å². The van der Waals surface area contributed by atoms with Crippen LogP contribution in [0.5, 0.6) is 5.75 Å². The van der Waals surface area contributed by atoms with E-state index >= 15 is 0 Å². The van der Waals surface area contributed by atoms with E-state index in [2.05, 4.69) is 22.1 Å². The summed E-state index contributed by atoms with van der Waals surface area (Å²) < 4.78 is 0. The monoisotopic (exact) mass is 329 g/mol. The number of unbranched alkanes of at least 4 members (excludes halogenated alkanes) is 4. The van der Waals surface area contributed by atoms with Crippen molar-refractivity contribution in [2.24, 2.45) is 15.9 Å². The fourth-order valence-electron chi connectivity index (χ4n) is 2.53. The third kappa shape index (κ3) is 5.01. The van der Waals surface area contributed by atoms with E-state index in [0.29, 0.717) is 5.96 Å². The van der Waals surface area contributed by atoms with E-state index in [-0.39, 0.29) is 5.75 Å². The fourth-order valence-corrected chi connectivity index (χ4v) is 2.53. The lowest BCUT2D eigenvalue weighted by atomic mass is 10.1. The van der Waals surface area contributed by atoms with Crippen molar-refractivity contribution in [3.8, 4) is 5.75 Å². The molecule has 0 unspecified atom stereocenters. The lowest BCUT2D eigenvalue weighted by Gasteiger charge is -2.16. The highest BCUT2D eigenvalue weighted by atomic mass is 16.3. The van der Waals surface area contributed by atoms with Gasteiger partial charge < -0.3 is 20.7 Å². The summed E-state index contributed by atoms with van der Waals surface area (Å²) in [5, 5.41) is 18.6. The number of hydrogen-bond donors (Lipinski definition) is 3. The zero-order chi connectivity index (χ0) is 17.4. The van der Waals surface area contributed by atoms with Gasteiger partial charge in [0.1, 0.15) is 5.75 Å². The molecule has 0 aliphatic rings. The van der Waals surface area contributed by atoms with Gasteiger partial charge in [-0.15, -0.1) is 5.10 Å². The van der Waals surface area contributed by atoms with Gasteiger partial charge >= 0.3 is 0 Å². The minimum absolute atomic E-state index is 0.225. The number of aromatic amines is 1. The van der Waals surface area contributed by atoms with Crippen LogP contribution in [0.4, 0.5) is 0 Å². The number of rotatable bonds is 8. The van der Waals surface area contributed by atoms with E-state index in [1.54, 1.807) is 18.3 Å². The zero-order valence-electron chi connectivity index (χ0n) is 14.5. The molecule has 130 valence electrons. The number of phenolic OH excluding ortho intramolecular Hbond substituents is 1. The first kappa shape index (κ1) is 17.8. The van der Waals surface area contributed by atoms with Crippen LogP contribution >= 0.6 is 0 Å². The molecule has 0 atom stereocenters. The van der Waals surface area contributed by atoms with Crippen LogP contribution in [0.2, 0.25) is 0 Å². The van der Waals surface area contributed by atoms with Crippen LogP contribution in [-0.4, -0.2) is 40.8 Å². The smallest absolute Gasteiger partial charge is 0.216 e. The molecule has 0 saturated heterocycles. The van der Waals surface area contributed by atoms with Crippen molar-refractivity contribution >= 4 is 23.1 Å². The molecule has 2 aromatic rings. The molecule has 0 bridgehead atoms. The Morgan fingerprint density at radius 1 is 1.29 bits per heavy atom. The van der Waals surface area contributed by atoms with Crippen LogP contribution in [0, 0.1) is 0 Å². The largest absolute Gasteiger partial charge is 0.508 e. The highest BCUT2D eigenvalue weighted by molar-refractivity contribution is 5.99. The van der Waals surface area contributed by atoms with Gasteiger partial charge in [0, 0.05) is 36.3 Å². The summed E-state index contributed by atoms with van der Waals surface area (Å²) in [5.74, 6) is 0.631. The number of nitrogens with two attached hydrogens (primary N) is 1. The second-order valence-corrected chi connectivity index (χ2v) is 6.01. The third-order valence-corrected chi connectivity index (χ3v) is 4.04. The molecule has 0 radical (unpaired) electrons. The van der Waals surface area contributed by atoms with Gasteiger partial charge in [0.25, 0.3) is 0 Å². The first-order valence-electron chi connectivity index (χ1n) is 8.49. The van der Waals surface area contributed by atoms with Gasteiger partial charge in [-0.2, -0.15) is 5.10 Å². The summed E-state index contributed by atoms with van der Waals surface area (Å²) in [6.45, 7) is 3.10. The molecule has 1 heterocycles. The van der Waals surface area contributed by atoms with Gasteiger partial charge in [-0.25, -0.2) is 0 Å². The number of hydrogen-bond acceptors (Lipinski definition) is 3. The summed E-state index contributed by atoms with van der Waals surface area (Å²) in [6, 6.07) is 5.17. The van der Waals surface area contributed by atoms with Crippen LogP contribution in [0.25, 0.3) is 10.9 Å². The van der Waals surface area contributed by atoms with Crippen LogP contribution in [-0.2, 0) is 0 Å². The average Bonchev–Trinajstić information content (AvgIpc) is 2.96. The molecule has 4 N–H and O–H groups in total. The Morgan fingerprint density at radius 3 is 2.88 bits per heavy atom. The zero-order valence-corrected chi connectivity index (χ0v) is 14.5. The van der Waals surface area contributed by atoms with Crippen molar-refractivity contribution in [2.75, 3.05) is 13.6 Å². The van der Waals surface area contributed by atoms with Crippen molar-refractivity contribution < 1.29 is 5.11 Å². The fraction of sp³-hybridized carbons (Fsp3) is 0.444. The number of aromatic nitrogens is 1. The molecule has 0 spiro atoms. The van der Waals surface area contributed by atoms with Crippen molar-refractivity contribution in [2.45, 2.75) is 39.0 Å². The number of H-pyrrole nitrogens is 1. The van der Waals surface area contributed by atoms with E-state index in [1.165, 1.54) is 25.7 Å². The number of guanidine groups is 1. The van der Waals surface area contributed by atoms with E-state index in [4.69, 9.17) is 5.73 Å². The Morgan fingerprint density at radius 2 is 2.08 bits per heavy atom. The Bertz CT molecular complexity index is 704. The number of nitrogens with zero attached hydrogens (tertiary/aromatic N) is 3. The molecule has 0 fully saturated rings. The normalized spacial score (nSPS) is 12.3. The number of aromatic hydroxyl groups is 1. The quantitative estimate of drug-likeness (QED) is 0.300. The Labute approximate surface area is 143 Å². The van der Waals surface area contributed by atoms with E-state index in [9.17, 15) is 5.11 Å². The molecule has 6 nitrogen and oxygen atoms in total. The van der Waals surface area contributed by atoms with E-state index in [0.717, 1.165) is 29.4 Å². The highest BCUT2D eigenvalue weighted by Crippen LogP contribution is 2.21. The summed E-state index contributed by atoms with van der Waals surface area (Å²) >= 11 is 0.